The first-order valence-electron chi connectivity index (χ1n) is 9.98. The van der Waals surface area contributed by atoms with Gasteiger partial charge in [-0.1, -0.05) is 57.2 Å². The van der Waals surface area contributed by atoms with Crippen molar-refractivity contribution in [2.75, 3.05) is 14.2 Å². The Kier molecular flexibility index (Phi) is 6.78. The van der Waals surface area contributed by atoms with Gasteiger partial charge in [0.05, 0.1) is 14.2 Å². The summed E-state index contributed by atoms with van der Waals surface area (Å²) in [5.41, 5.74) is 3.86. The topological polar surface area (TPSA) is 40.0 Å². The van der Waals surface area contributed by atoms with Crippen molar-refractivity contribution in [3.05, 3.63) is 83.4 Å². The fraction of sp³-hybridized carbons (Fsp3) is 0.269. The molecule has 0 aliphatic carbocycles. The van der Waals surface area contributed by atoms with Crippen molar-refractivity contribution in [1.29, 1.82) is 0 Å². The Labute approximate surface area is 179 Å². The number of rotatable bonds is 7. The SMILES string of the molecule is COc1ccc(COc2c(/C=N/c3ccccc3OC)cccc2C(C)(C)C)cc1. The molecule has 30 heavy (non-hydrogen) atoms. The molecule has 0 aromatic heterocycles. The molecule has 4 heteroatoms. The van der Waals surface area contributed by atoms with Crippen molar-refractivity contribution in [1.82, 2.24) is 0 Å². The van der Waals surface area contributed by atoms with Crippen molar-refractivity contribution in [2.45, 2.75) is 32.8 Å². The maximum Gasteiger partial charge on any atom is 0.144 e. The molecule has 0 saturated carbocycles. The van der Waals surface area contributed by atoms with E-state index in [4.69, 9.17) is 14.2 Å². The zero-order chi connectivity index (χ0) is 21.6. The number of para-hydroxylation sites is 3. The second-order valence-corrected chi connectivity index (χ2v) is 8.04. The molecule has 0 atom stereocenters. The van der Waals surface area contributed by atoms with Crippen LogP contribution in [0.2, 0.25) is 0 Å². The standard InChI is InChI=1S/C26H29NO3/c1-26(2,3)22-10-8-9-20(17-27-23-11-6-7-12-24(23)29-5)25(22)30-18-19-13-15-21(28-4)16-14-19/h6-17H,18H2,1-5H3/b27-17+. The van der Waals surface area contributed by atoms with E-state index >= 15 is 0 Å². The Hall–Kier alpha value is -3.27. The summed E-state index contributed by atoms with van der Waals surface area (Å²) >= 11 is 0. The number of methoxy groups -OCH3 is 2. The quantitative estimate of drug-likeness (QED) is 0.433. The van der Waals surface area contributed by atoms with Gasteiger partial charge in [-0.15, -0.1) is 0 Å². The smallest absolute Gasteiger partial charge is 0.144 e. The van der Waals surface area contributed by atoms with Gasteiger partial charge in [0.2, 0.25) is 0 Å². The van der Waals surface area contributed by atoms with Gasteiger partial charge in [-0.2, -0.15) is 0 Å². The Bertz CT molecular complexity index is 1000. The zero-order valence-electron chi connectivity index (χ0n) is 18.3. The average molecular weight is 404 g/mol. The molecule has 0 saturated heterocycles. The van der Waals surface area contributed by atoms with E-state index < -0.39 is 0 Å². The van der Waals surface area contributed by atoms with Crippen LogP contribution in [0.1, 0.15) is 37.5 Å². The maximum absolute atomic E-state index is 6.34. The summed E-state index contributed by atoms with van der Waals surface area (Å²) in [4.78, 5) is 4.66. The van der Waals surface area contributed by atoms with Gasteiger partial charge in [0.1, 0.15) is 29.5 Å². The molecule has 0 unspecified atom stereocenters. The van der Waals surface area contributed by atoms with Crippen LogP contribution in [0.25, 0.3) is 0 Å². The number of aliphatic imine (C=N–C) groups is 1. The minimum atomic E-state index is -0.0659. The van der Waals surface area contributed by atoms with E-state index in [-0.39, 0.29) is 5.41 Å². The van der Waals surface area contributed by atoms with Crippen molar-refractivity contribution in [3.8, 4) is 17.2 Å². The first-order chi connectivity index (χ1) is 14.4. The second kappa shape index (κ2) is 9.49. The Morgan fingerprint density at radius 2 is 1.57 bits per heavy atom. The Morgan fingerprint density at radius 1 is 0.833 bits per heavy atom. The summed E-state index contributed by atoms with van der Waals surface area (Å²) in [6, 6.07) is 21.8. The number of hydrogen-bond acceptors (Lipinski definition) is 4. The van der Waals surface area contributed by atoms with Gasteiger partial charge in [-0.05, 0) is 41.3 Å². The summed E-state index contributed by atoms with van der Waals surface area (Å²) < 4.78 is 17.0. The van der Waals surface area contributed by atoms with E-state index in [0.717, 1.165) is 39.6 Å². The van der Waals surface area contributed by atoms with Crippen LogP contribution in [0.4, 0.5) is 5.69 Å². The van der Waals surface area contributed by atoms with Crippen molar-refractivity contribution < 1.29 is 14.2 Å². The molecule has 3 aromatic carbocycles. The van der Waals surface area contributed by atoms with Gasteiger partial charge in [0.25, 0.3) is 0 Å². The second-order valence-electron chi connectivity index (χ2n) is 8.04. The molecular weight excluding hydrogens is 374 g/mol. The van der Waals surface area contributed by atoms with E-state index in [1.165, 1.54) is 0 Å². The van der Waals surface area contributed by atoms with Gasteiger partial charge in [-0.25, -0.2) is 0 Å². The zero-order valence-corrected chi connectivity index (χ0v) is 18.3. The van der Waals surface area contributed by atoms with E-state index in [9.17, 15) is 0 Å². The Morgan fingerprint density at radius 3 is 2.23 bits per heavy atom. The monoisotopic (exact) mass is 403 g/mol. The van der Waals surface area contributed by atoms with Crippen LogP contribution in [0.5, 0.6) is 17.2 Å². The van der Waals surface area contributed by atoms with Crippen LogP contribution >= 0.6 is 0 Å². The molecule has 156 valence electrons. The highest BCUT2D eigenvalue weighted by atomic mass is 16.5. The van der Waals surface area contributed by atoms with Crippen LogP contribution in [0, 0.1) is 0 Å². The van der Waals surface area contributed by atoms with E-state index in [1.54, 1.807) is 14.2 Å². The molecule has 0 N–H and O–H groups in total. The number of ether oxygens (including phenoxy) is 3. The summed E-state index contributed by atoms with van der Waals surface area (Å²) in [5, 5.41) is 0. The largest absolute Gasteiger partial charge is 0.497 e. The summed E-state index contributed by atoms with van der Waals surface area (Å²) in [6.45, 7) is 7.02. The molecule has 3 aromatic rings. The molecule has 3 rings (SSSR count). The third-order valence-electron chi connectivity index (χ3n) is 4.82. The van der Waals surface area contributed by atoms with E-state index in [0.29, 0.717) is 6.61 Å². The molecule has 0 spiro atoms. The fourth-order valence-corrected chi connectivity index (χ4v) is 3.16. The highest BCUT2D eigenvalue weighted by Crippen LogP contribution is 2.35. The predicted octanol–water partition coefficient (Wildman–Crippen LogP) is 6.33. The maximum atomic E-state index is 6.34. The lowest BCUT2D eigenvalue weighted by molar-refractivity contribution is 0.297. The highest BCUT2D eigenvalue weighted by Gasteiger charge is 2.21. The van der Waals surface area contributed by atoms with Gasteiger partial charge >= 0.3 is 0 Å². The molecule has 0 amide bonds. The lowest BCUT2D eigenvalue weighted by Gasteiger charge is -2.24. The van der Waals surface area contributed by atoms with Crippen LogP contribution < -0.4 is 14.2 Å². The molecular formula is C26H29NO3. The minimum absolute atomic E-state index is 0.0659. The fourth-order valence-electron chi connectivity index (χ4n) is 3.16. The molecule has 4 nitrogen and oxygen atoms in total. The average Bonchev–Trinajstić information content (AvgIpc) is 2.76. The third-order valence-corrected chi connectivity index (χ3v) is 4.82. The van der Waals surface area contributed by atoms with Crippen LogP contribution in [0.15, 0.2) is 71.7 Å². The molecule has 0 radical (unpaired) electrons. The number of benzene rings is 3. The highest BCUT2D eigenvalue weighted by molar-refractivity contribution is 5.87. The minimum Gasteiger partial charge on any atom is -0.497 e. The molecule has 0 aliphatic rings. The van der Waals surface area contributed by atoms with Gasteiger partial charge < -0.3 is 14.2 Å². The first kappa shape index (κ1) is 21.4. The van der Waals surface area contributed by atoms with Crippen LogP contribution in [-0.4, -0.2) is 20.4 Å². The van der Waals surface area contributed by atoms with E-state index in [2.05, 4.69) is 31.8 Å². The Balaban J connectivity index is 1.93. The number of hydrogen-bond donors (Lipinski definition) is 0. The lowest BCUT2D eigenvalue weighted by Crippen LogP contribution is -2.14. The number of nitrogens with zero attached hydrogens (tertiary/aromatic N) is 1. The first-order valence-corrected chi connectivity index (χ1v) is 9.98. The summed E-state index contributed by atoms with van der Waals surface area (Å²) in [5.74, 6) is 2.42. The molecule has 0 heterocycles. The van der Waals surface area contributed by atoms with Crippen LogP contribution in [0.3, 0.4) is 0 Å². The van der Waals surface area contributed by atoms with Gasteiger partial charge in [0.15, 0.2) is 0 Å². The third kappa shape index (κ3) is 5.20. The normalized spacial score (nSPS) is 11.5. The van der Waals surface area contributed by atoms with E-state index in [1.807, 2.05) is 66.9 Å². The van der Waals surface area contributed by atoms with Gasteiger partial charge in [-0.3, -0.25) is 4.99 Å². The molecule has 0 bridgehead atoms. The molecule has 0 aliphatic heterocycles. The van der Waals surface area contributed by atoms with Crippen molar-refractivity contribution in [3.63, 3.8) is 0 Å². The van der Waals surface area contributed by atoms with Crippen LogP contribution in [-0.2, 0) is 12.0 Å². The summed E-state index contributed by atoms with van der Waals surface area (Å²) in [7, 11) is 3.32. The van der Waals surface area contributed by atoms with Crippen molar-refractivity contribution in [2.24, 2.45) is 4.99 Å². The molecule has 0 fully saturated rings. The van der Waals surface area contributed by atoms with Gasteiger partial charge in [0, 0.05) is 17.3 Å². The summed E-state index contributed by atoms with van der Waals surface area (Å²) in [6.07, 6.45) is 1.84. The predicted molar refractivity (Wildman–Crippen MR) is 123 cm³/mol. The lowest BCUT2D eigenvalue weighted by atomic mass is 9.85. The van der Waals surface area contributed by atoms with Crippen molar-refractivity contribution >= 4 is 11.9 Å².